The minimum absolute atomic E-state index is 0.157. The van der Waals surface area contributed by atoms with E-state index in [0.29, 0.717) is 34.6 Å². The molecule has 4 saturated carbocycles. The van der Waals surface area contributed by atoms with Crippen molar-refractivity contribution in [3.05, 3.63) is 29.0 Å². The Bertz CT molecular complexity index is 998. The zero-order chi connectivity index (χ0) is 19.8. The second-order valence-electron chi connectivity index (χ2n) is 9.97. The first-order valence-corrected chi connectivity index (χ1v) is 11.1. The van der Waals surface area contributed by atoms with Gasteiger partial charge in [-0.25, -0.2) is 0 Å². The van der Waals surface area contributed by atoms with E-state index in [4.69, 9.17) is 14.9 Å². The lowest BCUT2D eigenvalue weighted by Gasteiger charge is -2.55. The second kappa shape index (κ2) is 6.10. The third-order valence-corrected chi connectivity index (χ3v) is 8.00. The van der Waals surface area contributed by atoms with Crippen LogP contribution in [-0.4, -0.2) is 11.9 Å². The lowest BCUT2D eigenvalue weighted by Crippen LogP contribution is -2.51. The van der Waals surface area contributed by atoms with Crippen LogP contribution >= 0.6 is 0 Å². The summed E-state index contributed by atoms with van der Waals surface area (Å²) in [5.41, 5.74) is 7.46. The van der Waals surface area contributed by atoms with Crippen molar-refractivity contribution < 1.29 is 18.7 Å². The van der Waals surface area contributed by atoms with Crippen LogP contribution in [0.1, 0.15) is 73.0 Å². The van der Waals surface area contributed by atoms with Gasteiger partial charge in [0.15, 0.2) is 0 Å². The van der Waals surface area contributed by atoms with Crippen LogP contribution in [0.2, 0.25) is 0 Å². The first-order chi connectivity index (χ1) is 14.0. The smallest absolute Gasteiger partial charge is 0.317 e. The Morgan fingerprint density at radius 2 is 1.66 bits per heavy atom. The van der Waals surface area contributed by atoms with Gasteiger partial charge in [0.2, 0.25) is 0 Å². The zero-order valence-corrected chi connectivity index (χ0v) is 16.7. The topological polar surface area (TPSA) is 82.5 Å². The molecule has 0 spiro atoms. The summed E-state index contributed by atoms with van der Waals surface area (Å²) in [5, 5.41) is 0.753. The number of furan rings is 1. The van der Waals surface area contributed by atoms with Crippen molar-refractivity contribution in [1.29, 1.82) is 0 Å². The molecule has 29 heavy (non-hydrogen) atoms. The molecule has 0 atom stereocenters. The summed E-state index contributed by atoms with van der Waals surface area (Å²) >= 11 is 0. The predicted octanol–water partition coefficient (Wildman–Crippen LogP) is 4.53. The van der Waals surface area contributed by atoms with Gasteiger partial charge in [-0.15, -0.1) is 0 Å². The van der Waals surface area contributed by atoms with Gasteiger partial charge >= 0.3 is 5.97 Å². The second-order valence-corrected chi connectivity index (χ2v) is 9.97. The standard InChI is InChI=1S/C24H27NO4/c25-22(26)21-19(6-5-18-20(21)16-3-1-2-4-17(16)28-18)29-23(27)24-10-13-7-14(11-24)9-15(8-13)12-24/h5-6,13-15H,1-4,7-12H2,(H2,25,26). The van der Waals surface area contributed by atoms with Crippen LogP contribution in [0.15, 0.2) is 16.5 Å². The molecule has 4 fully saturated rings. The number of primary amides is 1. The number of ether oxygens (including phenoxy) is 1. The van der Waals surface area contributed by atoms with Crippen molar-refractivity contribution in [2.24, 2.45) is 28.9 Å². The molecule has 1 aromatic carbocycles. The van der Waals surface area contributed by atoms with Gasteiger partial charge in [0.1, 0.15) is 17.1 Å². The number of hydrogen-bond acceptors (Lipinski definition) is 4. The van der Waals surface area contributed by atoms with Crippen LogP contribution in [0.3, 0.4) is 0 Å². The van der Waals surface area contributed by atoms with Crippen molar-refractivity contribution in [3.8, 4) is 5.75 Å². The van der Waals surface area contributed by atoms with E-state index in [9.17, 15) is 9.59 Å². The molecule has 5 heteroatoms. The number of rotatable bonds is 3. The van der Waals surface area contributed by atoms with Crippen LogP contribution in [0.25, 0.3) is 11.0 Å². The number of fused-ring (bicyclic) bond motifs is 3. The fraction of sp³-hybridized carbons (Fsp3) is 0.583. The Morgan fingerprint density at radius 3 is 2.31 bits per heavy atom. The maximum absolute atomic E-state index is 13.4. The Labute approximate surface area is 169 Å². The van der Waals surface area contributed by atoms with Crippen LogP contribution in [-0.2, 0) is 17.6 Å². The summed E-state index contributed by atoms with van der Waals surface area (Å²) < 4.78 is 12.0. The third-order valence-electron chi connectivity index (χ3n) is 8.00. The summed E-state index contributed by atoms with van der Waals surface area (Å²) in [7, 11) is 0. The van der Waals surface area contributed by atoms with Crippen molar-refractivity contribution in [3.63, 3.8) is 0 Å². The molecule has 2 aromatic rings. The molecular formula is C24H27NO4. The average Bonchev–Trinajstić information content (AvgIpc) is 3.05. The van der Waals surface area contributed by atoms with Gasteiger partial charge in [-0.05, 0) is 87.7 Å². The lowest BCUT2D eigenvalue weighted by molar-refractivity contribution is -0.161. The summed E-state index contributed by atoms with van der Waals surface area (Å²) in [4.78, 5) is 25.8. The average molecular weight is 393 g/mol. The molecule has 7 rings (SSSR count). The molecule has 2 N–H and O–H groups in total. The Balaban J connectivity index is 1.40. The normalized spacial score (nSPS) is 32.3. The number of aryl methyl sites for hydroxylation is 2. The van der Waals surface area contributed by atoms with Gasteiger partial charge in [-0.1, -0.05) is 0 Å². The highest BCUT2D eigenvalue weighted by molar-refractivity contribution is 6.09. The van der Waals surface area contributed by atoms with E-state index in [0.717, 1.165) is 61.7 Å². The highest BCUT2D eigenvalue weighted by atomic mass is 16.5. The van der Waals surface area contributed by atoms with E-state index in [2.05, 4.69) is 0 Å². The van der Waals surface area contributed by atoms with Gasteiger partial charge < -0.3 is 14.9 Å². The first kappa shape index (κ1) is 17.5. The molecule has 4 bridgehead atoms. The maximum atomic E-state index is 13.4. The van der Waals surface area contributed by atoms with E-state index in [1.54, 1.807) is 6.07 Å². The fourth-order valence-electron chi connectivity index (χ4n) is 7.23. The molecular weight excluding hydrogens is 366 g/mol. The SMILES string of the molecule is NC(=O)c1c(OC(=O)C23CC4CC(CC(C4)C2)C3)ccc2oc3c(c12)CCCC3. The number of carbonyl (C=O) groups excluding carboxylic acids is 2. The van der Waals surface area contributed by atoms with Crippen LogP contribution in [0.4, 0.5) is 0 Å². The summed E-state index contributed by atoms with van der Waals surface area (Å²) in [6.07, 6.45) is 10.5. The van der Waals surface area contributed by atoms with E-state index >= 15 is 0 Å². The summed E-state index contributed by atoms with van der Waals surface area (Å²) in [6, 6.07) is 3.51. The van der Waals surface area contributed by atoms with Crippen molar-refractivity contribution in [1.82, 2.24) is 0 Å². The van der Waals surface area contributed by atoms with Gasteiger partial charge in [0.25, 0.3) is 5.91 Å². The third kappa shape index (κ3) is 2.59. The highest BCUT2D eigenvalue weighted by Gasteiger charge is 2.55. The predicted molar refractivity (Wildman–Crippen MR) is 108 cm³/mol. The molecule has 152 valence electrons. The molecule has 1 aromatic heterocycles. The van der Waals surface area contributed by atoms with Crippen molar-refractivity contribution in [2.75, 3.05) is 0 Å². The number of amides is 1. The van der Waals surface area contributed by atoms with E-state index < -0.39 is 5.91 Å². The lowest BCUT2D eigenvalue weighted by atomic mass is 9.49. The van der Waals surface area contributed by atoms with Gasteiger partial charge in [0.05, 0.1) is 11.0 Å². The number of hydrogen-bond donors (Lipinski definition) is 1. The van der Waals surface area contributed by atoms with Gasteiger partial charge in [-0.3, -0.25) is 9.59 Å². The van der Waals surface area contributed by atoms with Crippen molar-refractivity contribution in [2.45, 2.75) is 64.2 Å². The van der Waals surface area contributed by atoms with Crippen molar-refractivity contribution >= 4 is 22.8 Å². The number of nitrogens with two attached hydrogens (primary N) is 1. The molecule has 0 unspecified atom stereocenters. The Hall–Kier alpha value is -2.30. The van der Waals surface area contributed by atoms with Crippen LogP contribution in [0.5, 0.6) is 5.75 Å². The fourth-order valence-corrected chi connectivity index (χ4v) is 7.23. The van der Waals surface area contributed by atoms with Gasteiger partial charge in [-0.2, -0.15) is 0 Å². The largest absolute Gasteiger partial charge is 0.461 e. The number of esters is 1. The summed E-state index contributed by atoms with van der Waals surface area (Å²) in [5.74, 6) is 2.51. The molecule has 0 saturated heterocycles. The minimum atomic E-state index is -0.557. The monoisotopic (exact) mass is 393 g/mol. The van der Waals surface area contributed by atoms with E-state index in [1.165, 1.54) is 19.3 Å². The highest BCUT2D eigenvalue weighted by Crippen LogP contribution is 2.60. The molecule has 5 aliphatic rings. The Kier molecular flexibility index (Phi) is 3.69. The molecule has 5 aliphatic carbocycles. The first-order valence-electron chi connectivity index (χ1n) is 11.1. The molecule has 1 heterocycles. The number of carbonyl (C=O) groups is 2. The quantitative estimate of drug-likeness (QED) is 0.613. The van der Waals surface area contributed by atoms with Crippen LogP contribution < -0.4 is 10.5 Å². The van der Waals surface area contributed by atoms with Crippen LogP contribution in [0, 0.1) is 23.2 Å². The molecule has 0 radical (unpaired) electrons. The van der Waals surface area contributed by atoms with E-state index in [-0.39, 0.29) is 11.4 Å². The Morgan fingerprint density at radius 1 is 1.00 bits per heavy atom. The summed E-state index contributed by atoms with van der Waals surface area (Å²) in [6.45, 7) is 0. The maximum Gasteiger partial charge on any atom is 0.317 e. The molecule has 0 aliphatic heterocycles. The molecule has 5 nitrogen and oxygen atoms in total. The number of benzene rings is 1. The minimum Gasteiger partial charge on any atom is -0.461 e. The van der Waals surface area contributed by atoms with Gasteiger partial charge in [0, 0.05) is 17.4 Å². The molecule has 1 amide bonds. The van der Waals surface area contributed by atoms with E-state index in [1.807, 2.05) is 6.07 Å². The zero-order valence-electron chi connectivity index (χ0n) is 16.7.